The topological polar surface area (TPSA) is 58.6 Å². The lowest BCUT2D eigenvalue weighted by Gasteiger charge is -2.32. The first-order chi connectivity index (χ1) is 15.0. The van der Waals surface area contributed by atoms with Crippen molar-refractivity contribution in [2.45, 2.75) is 25.9 Å². The average molecular weight is 420 g/mol. The predicted molar refractivity (Wildman–Crippen MR) is 117 cm³/mol. The van der Waals surface area contributed by atoms with E-state index in [0.717, 1.165) is 27.6 Å². The zero-order valence-electron chi connectivity index (χ0n) is 17.4. The maximum atomic E-state index is 13.5. The summed E-state index contributed by atoms with van der Waals surface area (Å²) in [6.45, 7) is 0.975. The second kappa shape index (κ2) is 9.16. The normalized spacial score (nSPS) is 16.4. The maximum absolute atomic E-state index is 13.5. The molecule has 31 heavy (non-hydrogen) atoms. The highest BCUT2D eigenvalue weighted by molar-refractivity contribution is 5.89. The Labute approximate surface area is 180 Å². The third-order valence-electron chi connectivity index (χ3n) is 5.79. The summed E-state index contributed by atoms with van der Waals surface area (Å²) in [7, 11) is 1.62. The fraction of sp³-hybridized carbons (Fsp3) is 0.280. The van der Waals surface area contributed by atoms with Crippen LogP contribution in [0.25, 0.3) is 10.8 Å². The third-order valence-corrected chi connectivity index (χ3v) is 5.79. The molecule has 1 N–H and O–H groups in total. The molecule has 3 aromatic rings. The molecule has 160 valence electrons. The van der Waals surface area contributed by atoms with Gasteiger partial charge in [0, 0.05) is 31.6 Å². The summed E-state index contributed by atoms with van der Waals surface area (Å²) in [5, 5.41) is 5.14. The number of nitrogens with zero attached hydrogens (tertiary/aromatic N) is 1. The number of hydrogen-bond donors (Lipinski definition) is 1. The predicted octanol–water partition coefficient (Wildman–Crippen LogP) is 4.04. The fourth-order valence-corrected chi connectivity index (χ4v) is 4.15. The average Bonchev–Trinajstić information content (AvgIpc) is 2.78. The smallest absolute Gasteiger partial charge is 0.225 e. The van der Waals surface area contributed by atoms with E-state index < -0.39 is 0 Å². The minimum atomic E-state index is -0.333. The lowest BCUT2D eigenvalue weighted by molar-refractivity contribution is -0.139. The van der Waals surface area contributed by atoms with Crippen LogP contribution >= 0.6 is 0 Å². The highest BCUT2D eigenvalue weighted by atomic mass is 19.1. The molecule has 0 aliphatic carbocycles. The van der Waals surface area contributed by atoms with Crippen LogP contribution in [0.4, 0.5) is 4.39 Å². The maximum Gasteiger partial charge on any atom is 0.225 e. The van der Waals surface area contributed by atoms with Crippen molar-refractivity contribution in [3.63, 3.8) is 0 Å². The van der Waals surface area contributed by atoms with Crippen molar-refractivity contribution >= 4 is 22.6 Å². The largest absolute Gasteiger partial charge is 0.496 e. The summed E-state index contributed by atoms with van der Waals surface area (Å²) < 4.78 is 19.0. The number of piperidine rings is 1. The van der Waals surface area contributed by atoms with Gasteiger partial charge in [0.1, 0.15) is 11.6 Å². The summed E-state index contributed by atoms with van der Waals surface area (Å²) in [4.78, 5) is 26.9. The number of ether oxygens (including phenoxy) is 1. The van der Waals surface area contributed by atoms with Crippen LogP contribution in [-0.2, 0) is 22.7 Å². The van der Waals surface area contributed by atoms with Crippen LogP contribution in [0.3, 0.4) is 0 Å². The summed E-state index contributed by atoms with van der Waals surface area (Å²) >= 11 is 0. The Morgan fingerprint density at radius 2 is 2.00 bits per heavy atom. The minimum Gasteiger partial charge on any atom is -0.496 e. The van der Waals surface area contributed by atoms with Gasteiger partial charge in [0.2, 0.25) is 11.8 Å². The Morgan fingerprint density at radius 1 is 1.16 bits per heavy atom. The molecule has 0 unspecified atom stereocenters. The summed E-state index contributed by atoms with van der Waals surface area (Å²) in [6, 6.07) is 18.1. The van der Waals surface area contributed by atoms with Crippen molar-refractivity contribution < 1.29 is 18.7 Å². The molecule has 2 amide bonds. The first kappa shape index (κ1) is 20.8. The van der Waals surface area contributed by atoms with Crippen molar-refractivity contribution in [2.75, 3.05) is 13.7 Å². The Balaban J connectivity index is 1.44. The fourth-order valence-electron chi connectivity index (χ4n) is 4.15. The van der Waals surface area contributed by atoms with Crippen LogP contribution in [0.5, 0.6) is 5.75 Å². The SMILES string of the molecule is COc1ccc2ccccc2c1CNC(=O)[C@H]1CCC(=O)N(Cc2cccc(F)c2)C1. The summed E-state index contributed by atoms with van der Waals surface area (Å²) in [6.07, 6.45) is 0.821. The number of methoxy groups -OCH3 is 1. The Kier molecular flexibility index (Phi) is 6.16. The van der Waals surface area contributed by atoms with Crippen LogP contribution in [0.1, 0.15) is 24.0 Å². The zero-order valence-corrected chi connectivity index (χ0v) is 17.4. The van der Waals surface area contributed by atoms with Crippen molar-refractivity contribution in [3.05, 3.63) is 77.6 Å². The van der Waals surface area contributed by atoms with Gasteiger partial charge < -0.3 is 15.0 Å². The van der Waals surface area contributed by atoms with Gasteiger partial charge in [-0.3, -0.25) is 9.59 Å². The highest BCUT2D eigenvalue weighted by Gasteiger charge is 2.30. The lowest BCUT2D eigenvalue weighted by Crippen LogP contribution is -2.45. The van der Waals surface area contributed by atoms with Gasteiger partial charge in [-0.05, 0) is 41.0 Å². The van der Waals surface area contributed by atoms with Crippen molar-refractivity contribution in [1.82, 2.24) is 10.2 Å². The summed E-state index contributed by atoms with van der Waals surface area (Å²) in [5.74, 6) is -0.00571. The standard InChI is InChI=1S/C25H25FN2O3/c1-31-23-11-9-18-6-2-3-8-21(18)22(23)14-27-25(30)19-10-12-24(29)28(16-19)15-17-5-4-7-20(26)13-17/h2-9,11,13,19H,10,12,14-16H2,1H3,(H,27,30)/t19-/m0/s1. The van der Waals surface area contributed by atoms with Gasteiger partial charge >= 0.3 is 0 Å². The van der Waals surface area contributed by atoms with Crippen LogP contribution in [0.15, 0.2) is 60.7 Å². The van der Waals surface area contributed by atoms with Crippen LogP contribution in [0, 0.1) is 11.7 Å². The molecule has 0 spiro atoms. The number of amides is 2. The van der Waals surface area contributed by atoms with E-state index in [9.17, 15) is 14.0 Å². The van der Waals surface area contributed by atoms with Gasteiger partial charge in [0.15, 0.2) is 0 Å². The van der Waals surface area contributed by atoms with Crippen molar-refractivity contribution in [3.8, 4) is 5.75 Å². The lowest BCUT2D eigenvalue weighted by atomic mass is 9.95. The Hall–Kier alpha value is -3.41. The number of rotatable bonds is 6. The van der Waals surface area contributed by atoms with E-state index in [1.54, 1.807) is 24.1 Å². The molecule has 4 rings (SSSR count). The van der Waals surface area contributed by atoms with Gasteiger partial charge in [0.05, 0.1) is 13.0 Å². The number of carbonyl (C=O) groups is 2. The van der Waals surface area contributed by atoms with Crippen LogP contribution < -0.4 is 10.1 Å². The molecular formula is C25H25FN2O3. The molecule has 0 bridgehead atoms. The molecule has 1 aliphatic rings. The van der Waals surface area contributed by atoms with E-state index in [2.05, 4.69) is 5.32 Å². The molecule has 6 heteroatoms. The van der Waals surface area contributed by atoms with Gasteiger partial charge in [0.25, 0.3) is 0 Å². The van der Waals surface area contributed by atoms with Crippen molar-refractivity contribution in [1.29, 1.82) is 0 Å². The second-order valence-corrected chi connectivity index (χ2v) is 7.83. The number of halogens is 1. The summed E-state index contributed by atoms with van der Waals surface area (Å²) in [5.41, 5.74) is 1.65. The molecule has 1 aliphatic heterocycles. The Bertz CT molecular complexity index is 1110. The number of nitrogens with one attached hydrogen (secondary N) is 1. The van der Waals surface area contributed by atoms with Gasteiger partial charge in [-0.25, -0.2) is 4.39 Å². The molecular weight excluding hydrogens is 395 g/mol. The monoisotopic (exact) mass is 420 g/mol. The van der Waals surface area contributed by atoms with E-state index in [1.165, 1.54) is 12.1 Å². The van der Waals surface area contributed by atoms with Crippen LogP contribution in [-0.4, -0.2) is 30.4 Å². The minimum absolute atomic E-state index is 0.0102. The molecule has 1 atom stereocenters. The van der Waals surface area contributed by atoms with Crippen molar-refractivity contribution in [2.24, 2.45) is 5.92 Å². The molecule has 1 fully saturated rings. The number of fused-ring (bicyclic) bond motifs is 1. The molecule has 1 saturated heterocycles. The number of benzene rings is 3. The number of carbonyl (C=O) groups excluding carboxylic acids is 2. The molecule has 0 radical (unpaired) electrons. The quantitative estimate of drug-likeness (QED) is 0.655. The number of likely N-dealkylation sites (tertiary alicyclic amines) is 1. The molecule has 1 heterocycles. The molecule has 0 saturated carbocycles. The van der Waals surface area contributed by atoms with E-state index in [4.69, 9.17) is 4.74 Å². The van der Waals surface area contributed by atoms with Gasteiger partial charge in [-0.1, -0.05) is 42.5 Å². The number of hydrogen-bond acceptors (Lipinski definition) is 3. The molecule has 0 aromatic heterocycles. The zero-order chi connectivity index (χ0) is 21.8. The first-order valence-electron chi connectivity index (χ1n) is 10.4. The molecule has 5 nitrogen and oxygen atoms in total. The molecule has 3 aromatic carbocycles. The van der Waals surface area contributed by atoms with E-state index in [-0.39, 0.29) is 23.5 Å². The third kappa shape index (κ3) is 4.68. The van der Waals surface area contributed by atoms with E-state index in [1.807, 2.05) is 36.4 Å². The van der Waals surface area contributed by atoms with E-state index >= 15 is 0 Å². The second-order valence-electron chi connectivity index (χ2n) is 7.83. The van der Waals surface area contributed by atoms with E-state index in [0.29, 0.717) is 32.5 Å². The Morgan fingerprint density at radius 3 is 2.81 bits per heavy atom. The highest BCUT2D eigenvalue weighted by Crippen LogP contribution is 2.28. The van der Waals surface area contributed by atoms with Gasteiger partial charge in [-0.15, -0.1) is 0 Å². The van der Waals surface area contributed by atoms with Crippen LogP contribution in [0.2, 0.25) is 0 Å². The van der Waals surface area contributed by atoms with Gasteiger partial charge in [-0.2, -0.15) is 0 Å². The first-order valence-corrected chi connectivity index (χ1v) is 10.4.